The Morgan fingerprint density at radius 1 is 1.50 bits per heavy atom. The Balaban J connectivity index is 3.13. The normalized spacial score (nSPS) is 11.4. The highest BCUT2D eigenvalue weighted by atomic mass is 15.5. The fourth-order valence-electron chi connectivity index (χ4n) is 0.435. The number of nitrogens with zero attached hydrogens (tertiary/aromatic N) is 1. The lowest BCUT2D eigenvalue weighted by molar-refractivity contribution is 0.180. The van der Waals surface area contributed by atoms with Crippen molar-refractivity contribution in [1.29, 1.82) is 0 Å². The third kappa shape index (κ3) is 4.69. The van der Waals surface area contributed by atoms with Crippen LogP contribution in [0.3, 0.4) is 0 Å². The van der Waals surface area contributed by atoms with Gasteiger partial charge in [-0.3, -0.25) is 5.32 Å². The maximum atomic E-state index is 5.22. The first-order valence-corrected chi connectivity index (χ1v) is 3.55. The monoisotopic (exact) mass is 146 g/mol. The Hall–Kier alpha value is -0.160. The first-order valence-electron chi connectivity index (χ1n) is 3.55. The number of rotatable bonds is 5. The van der Waals surface area contributed by atoms with Crippen molar-refractivity contribution in [1.82, 2.24) is 15.8 Å². The average Bonchev–Trinajstić information content (AvgIpc) is 1.88. The highest BCUT2D eigenvalue weighted by Gasteiger charge is 1.98. The summed E-state index contributed by atoms with van der Waals surface area (Å²) in [4.78, 5) is 0. The third-order valence-corrected chi connectivity index (χ3v) is 1.37. The van der Waals surface area contributed by atoms with Crippen molar-refractivity contribution >= 4 is 0 Å². The molecule has 0 spiro atoms. The largest absolute Gasteiger partial charge is 0.318 e. The quantitative estimate of drug-likeness (QED) is 0.272. The lowest BCUT2D eigenvalue weighted by Gasteiger charge is -2.21. The number of nitrogens with two attached hydrogens (primary N) is 1. The molecule has 0 aromatic heterocycles. The maximum Gasteiger partial charge on any atom is 0.0601 e. The molecule has 0 atom stereocenters. The second-order valence-corrected chi connectivity index (χ2v) is 2.49. The molecule has 0 amide bonds. The van der Waals surface area contributed by atoms with E-state index in [1.54, 1.807) is 0 Å². The molecule has 0 unspecified atom stereocenters. The van der Waals surface area contributed by atoms with Gasteiger partial charge in [-0.05, 0) is 13.8 Å². The Bertz CT molecular complexity index is 74.1. The molecule has 4 heteroatoms. The van der Waals surface area contributed by atoms with Gasteiger partial charge in [0.2, 0.25) is 0 Å². The van der Waals surface area contributed by atoms with Crippen LogP contribution in [-0.4, -0.2) is 31.4 Å². The molecule has 0 bridgehead atoms. The first-order chi connectivity index (χ1) is 4.68. The zero-order chi connectivity index (χ0) is 7.98. The van der Waals surface area contributed by atoms with Gasteiger partial charge in [-0.25, -0.2) is 10.4 Å². The van der Waals surface area contributed by atoms with Gasteiger partial charge >= 0.3 is 0 Å². The molecule has 62 valence electrons. The number of hydrogen-bond donors (Lipinski definition) is 3. The van der Waals surface area contributed by atoms with E-state index in [4.69, 9.17) is 5.73 Å². The van der Waals surface area contributed by atoms with Crippen LogP contribution in [0.25, 0.3) is 0 Å². The molecule has 0 aromatic carbocycles. The molecule has 0 radical (unpaired) electrons. The summed E-state index contributed by atoms with van der Waals surface area (Å²) in [5, 5.41) is 4.99. The summed E-state index contributed by atoms with van der Waals surface area (Å²) < 4.78 is 0. The second-order valence-electron chi connectivity index (χ2n) is 2.49. The predicted octanol–water partition coefficient (Wildman–Crippen LogP) is -0.705. The summed E-state index contributed by atoms with van der Waals surface area (Å²) in [5.41, 5.74) is 8.35. The fourth-order valence-corrected chi connectivity index (χ4v) is 0.435. The average molecular weight is 146 g/mol. The molecule has 0 aliphatic carbocycles. The molecule has 4 nitrogen and oxygen atoms in total. The van der Waals surface area contributed by atoms with Crippen molar-refractivity contribution in [2.75, 3.05) is 20.4 Å². The number of hydrogen-bond acceptors (Lipinski definition) is 4. The smallest absolute Gasteiger partial charge is 0.0601 e. The van der Waals surface area contributed by atoms with Crippen LogP contribution in [0.4, 0.5) is 0 Å². The van der Waals surface area contributed by atoms with Gasteiger partial charge in [-0.2, -0.15) is 0 Å². The molecule has 10 heavy (non-hydrogen) atoms. The summed E-state index contributed by atoms with van der Waals surface area (Å²) in [6.07, 6.45) is 0. The van der Waals surface area contributed by atoms with Crippen LogP contribution in [0.15, 0.2) is 0 Å². The second kappa shape index (κ2) is 5.61. The van der Waals surface area contributed by atoms with E-state index in [2.05, 4.69) is 24.6 Å². The van der Waals surface area contributed by atoms with Crippen LogP contribution in [0.5, 0.6) is 0 Å². The zero-order valence-electron chi connectivity index (χ0n) is 7.02. The molecule has 0 fully saturated rings. The van der Waals surface area contributed by atoms with Crippen LogP contribution < -0.4 is 16.5 Å². The molecular weight excluding hydrogens is 128 g/mol. The maximum absolute atomic E-state index is 5.22. The van der Waals surface area contributed by atoms with E-state index in [0.717, 1.165) is 6.67 Å². The van der Waals surface area contributed by atoms with Crippen molar-refractivity contribution in [3.05, 3.63) is 0 Å². The van der Waals surface area contributed by atoms with Crippen molar-refractivity contribution < 1.29 is 0 Å². The molecule has 0 heterocycles. The van der Waals surface area contributed by atoms with E-state index in [0.29, 0.717) is 12.7 Å². The van der Waals surface area contributed by atoms with Gasteiger partial charge in [0, 0.05) is 19.8 Å². The minimum atomic E-state index is 0.513. The van der Waals surface area contributed by atoms with E-state index in [-0.39, 0.29) is 0 Å². The Morgan fingerprint density at radius 3 is 2.50 bits per heavy atom. The summed E-state index contributed by atoms with van der Waals surface area (Å²) in [7, 11) is 2.00. The van der Waals surface area contributed by atoms with Crippen LogP contribution in [-0.2, 0) is 0 Å². The lowest BCUT2D eigenvalue weighted by atomic mass is 10.4. The predicted molar refractivity (Wildman–Crippen MR) is 43.1 cm³/mol. The fraction of sp³-hybridized carbons (Fsp3) is 1.00. The molecule has 0 aromatic rings. The summed E-state index contributed by atoms with van der Waals surface area (Å²) in [5.74, 6) is 0. The van der Waals surface area contributed by atoms with Gasteiger partial charge < -0.3 is 5.73 Å². The Kier molecular flexibility index (Phi) is 5.52. The topological polar surface area (TPSA) is 53.3 Å². The van der Waals surface area contributed by atoms with Crippen molar-refractivity contribution in [2.45, 2.75) is 19.9 Å². The minimum Gasteiger partial charge on any atom is -0.318 e. The standard InChI is InChI=1S/C6H18N4/c1-6(2)10(3)9-5-8-4-7/h6,8-9H,4-5,7H2,1-3H3. The molecule has 4 N–H and O–H groups in total. The van der Waals surface area contributed by atoms with Gasteiger partial charge in [-0.1, -0.05) is 0 Å². The van der Waals surface area contributed by atoms with E-state index in [9.17, 15) is 0 Å². The van der Waals surface area contributed by atoms with E-state index in [1.165, 1.54) is 0 Å². The number of hydrazine groups is 1. The summed E-state index contributed by atoms with van der Waals surface area (Å²) in [6, 6.07) is 0.513. The van der Waals surface area contributed by atoms with E-state index in [1.807, 2.05) is 12.1 Å². The van der Waals surface area contributed by atoms with Gasteiger partial charge in [0.05, 0.1) is 6.67 Å². The van der Waals surface area contributed by atoms with Crippen LogP contribution >= 0.6 is 0 Å². The van der Waals surface area contributed by atoms with Crippen LogP contribution in [0, 0.1) is 0 Å². The highest BCUT2D eigenvalue weighted by molar-refractivity contribution is 4.49. The lowest BCUT2D eigenvalue weighted by Crippen LogP contribution is -2.45. The van der Waals surface area contributed by atoms with E-state index < -0.39 is 0 Å². The van der Waals surface area contributed by atoms with Crippen molar-refractivity contribution in [3.63, 3.8) is 0 Å². The third-order valence-electron chi connectivity index (χ3n) is 1.37. The molecular formula is C6H18N4. The van der Waals surface area contributed by atoms with Crippen molar-refractivity contribution in [3.8, 4) is 0 Å². The van der Waals surface area contributed by atoms with Crippen molar-refractivity contribution in [2.24, 2.45) is 5.73 Å². The molecule has 0 rings (SSSR count). The van der Waals surface area contributed by atoms with E-state index >= 15 is 0 Å². The summed E-state index contributed by atoms with van der Waals surface area (Å²) in [6.45, 7) is 5.48. The van der Waals surface area contributed by atoms with Gasteiger partial charge in [0.1, 0.15) is 0 Å². The minimum absolute atomic E-state index is 0.513. The SMILES string of the molecule is CC(C)N(C)NCNCN. The Labute approximate surface area is 62.7 Å². The zero-order valence-corrected chi connectivity index (χ0v) is 7.02. The first kappa shape index (κ1) is 9.84. The highest BCUT2D eigenvalue weighted by Crippen LogP contribution is 1.85. The van der Waals surface area contributed by atoms with Crippen LogP contribution in [0.2, 0.25) is 0 Å². The van der Waals surface area contributed by atoms with Gasteiger partial charge in [0.25, 0.3) is 0 Å². The molecule has 0 aliphatic rings. The molecule has 0 saturated heterocycles. The number of nitrogens with one attached hydrogen (secondary N) is 2. The van der Waals surface area contributed by atoms with Gasteiger partial charge in [0.15, 0.2) is 0 Å². The van der Waals surface area contributed by atoms with Gasteiger partial charge in [-0.15, -0.1) is 0 Å². The summed E-state index contributed by atoms with van der Waals surface area (Å²) >= 11 is 0. The Morgan fingerprint density at radius 2 is 2.10 bits per heavy atom. The van der Waals surface area contributed by atoms with Crippen LogP contribution in [0.1, 0.15) is 13.8 Å². The molecule has 0 saturated carbocycles. The molecule has 0 aliphatic heterocycles.